The zero-order valence-electron chi connectivity index (χ0n) is 17.6. The number of carbonyl (C=O) groups is 1. The van der Waals surface area contributed by atoms with Gasteiger partial charge in [0.2, 0.25) is 5.91 Å². The van der Waals surface area contributed by atoms with Crippen molar-refractivity contribution in [1.29, 1.82) is 0 Å². The summed E-state index contributed by atoms with van der Waals surface area (Å²) < 4.78 is 14.2. The summed E-state index contributed by atoms with van der Waals surface area (Å²) in [7, 11) is 0. The normalized spacial score (nSPS) is 10.9. The summed E-state index contributed by atoms with van der Waals surface area (Å²) in [5.41, 5.74) is 1.75. The zero-order chi connectivity index (χ0) is 23.2. The van der Waals surface area contributed by atoms with Crippen LogP contribution in [0, 0.1) is 6.92 Å². The summed E-state index contributed by atoms with van der Waals surface area (Å²) in [5, 5.41) is 12.7. The number of benzene rings is 2. The van der Waals surface area contributed by atoms with Crippen molar-refractivity contribution in [3.05, 3.63) is 87.5 Å². The number of anilines is 1. The number of halogens is 2. The Hall–Kier alpha value is -2.75. The highest BCUT2D eigenvalue weighted by Crippen LogP contribution is 2.23. The van der Waals surface area contributed by atoms with Crippen LogP contribution in [-0.2, 0) is 17.9 Å². The van der Waals surface area contributed by atoms with Gasteiger partial charge in [0.15, 0.2) is 11.0 Å². The molecule has 1 amide bonds. The Balaban J connectivity index is 1.44. The van der Waals surface area contributed by atoms with E-state index >= 15 is 0 Å². The lowest BCUT2D eigenvalue weighted by molar-refractivity contribution is -0.113. The molecule has 0 saturated carbocycles. The molecule has 4 rings (SSSR count). The maximum atomic E-state index is 12.5. The summed E-state index contributed by atoms with van der Waals surface area (Å²) >= 11 is 10.7. The molecule has 0 atom stereocenters. The van der Waals surface area contributed by atoms with Crippen molar-refractivity contribution in [3.63, 3.8) is 0 Å². The van der Waals surface area contributed by atoms with Crippen molar-refractivity contribution in [2.45, 2.75) is 25.2 Å². The average molecular weight is 548 g/mol. The molecule has 1 N–H and O–H groups in total. The van der Waals surface area contributed by atoms with Gasteiger partial charge in [-0.3, -0.25) is 9.36 Å². The van der Waals surface area contributed by atoms with E-state index in [0.29, 0.717) is 28.3 Å². The fourth-order valence-electron chi connectivity index (χ4n) is 3.01. The predicted octanol–water partition coefficient (Wildman–Crippen LogP) is 5.95. The molecule has 2 aromatic heterocycles. The lowest BCUT2D eigenvalue weighted by Gasteiger charge is -2.11. The fraction of sp³-hybridized carbons (Fsp3) is 0.174. The van der Waals surface area contributed by atoms with Crippen LogP contribution in [0.2, 0.25) is 5.02 Å². The minimum absolute atomic E-state index is 0.128. The van der Waals surface area contributed by atoms with Crippen LogP contribution in [0.5, 0.6) is 5.75 Å². The number of ether oxygens (including phenoxy) is 1. The van der Waals surface area contributed by atoms with E-state index in [1.165, 1.54) is 11.8 Å². The molecule has 7 nitrogen and oxygen atoms in total. The first-order valence-electron chi connectivity index (χ1n) is 9.99. The number of carbonyl (C=O) groups excluding carboxylic acids is 1. The van der Waals surface area contributed by atoms with E-state index in [0.717, 1.165) is 21.5 Å². The summed E-state index contributed by atoms with van der Waals surface area (Å²) in [6.07, 6.45) is 1.62. The van der Waals surface area contributed by atoms with Crippen molar-refractivity contribution in [2.24, 2.45) is 0 Å². The summed E-state index contributed by atoms with van der Waals surface area (Å²) in [6, 6.07) is 16.5. The van der Waals surface area contributed by atoms with Crippen LogP contribution < -0.4 is 10.1 Å². The van der Waals surface area contributed by atoms with Crippen LogP contribution in [0.3, 0.4) is 0 Å². The van der Waals surface area contributed by atoms with Crippen LogP contribution in [0.25, 0.3) is 0 Å². The number of aromatic nitrogens is 3. The Labute approximate surface area is 208 Å². The lowest BCUT2D eigenvalue weighted by Crippen LogP contribution is -2.16. The van der Waals surface area contributed by atoms with Gasteiger partial charge in [0.05, 0.1) is 18.6 Å². The van der Waals surface area contributed by atoms with E-state index in [1.807, 2.05) is 41.8 Å². The minimum Gasteiger partial charge on any atom is -0.486 e. The number of nitrogens with one attached hydrogen (secondary N) is 1. The molecule has 0 fully saturated rings. The zero-order valence-corrected chi connectivity index (χ0v) is 20.8. The minimum atomic E-state index is -0.128. The molecule has 0 radical (unpaired) electrons. The second-order valence-electron chi connectivity index (χ2n) is 7.10. The summed E-state index contributed by atoms with van der Waals surface area (Å²) in [6.45, 7) is 2.58. The fourth-order valence-corrected chi connectivity index (χ4v) is 4.37. The van der Waals surface area contributed by atoms with E-state index in [-0.39, 0.29) is 18.3 Å². The Morgan fingerprint density at radius 2 is 2.03 bits per heavy atom. The molecule has 10 heteroatoms. The highest BCUT2D eigenvalue weighted by molar-refractivity contribution is 9.10. The molecule has 0 aliphatic rings. The molecule has 0 aliphatic heterocycles. The van der Waals surface area contributed by atoms with E-state index in [9.17, 15) is 4.79 Å². The molecule has 170 valence electrons. The molecule has 2 heterocycles. The molecule has 0 bridgehead atoms. The second-order valence-corrected chi connectivity index (χ2v) is 9.40. The van der Waals surface area contributed by atoms with Crippen molar-refractivity contribution in [2.75, 3.05) is 11.1 Å². The van der Waals surface area contributed by atoms with Crippen LogP contribution in [0.1, 0.15) is 17.1 Å². The quantitative estimate of drug-likeness (QED) is 0.261. The average Bonchev–Trinajstić information content (AvgIpc) is 3.44. The molecule has 2 aromatic carbocycles. The van der Waals surface area contributed by atoms with Crippen LogP contribution in [-0.4, -0.2) is 26.4 Å². The molecule has 0 unspecified atom stereocenters. The maximum Gasteiger partial charge on any atom is 0.234 e. The molecule has 0 spiro atoms. The topological polar surface area (TPSA) is 82.2 Å². The smallest absolute Gasteiger partial charge is 0.234 e. The number of hydrogen-bond donors (Lipinski definition) is 1. The number of furan rings is 1. The van der Waals surface area contributed by atoms with Crippen molar-refractivity contribution >= 4 is 50.9 Å². The van der Waals surface area contributed by atoms with Gasteiger partial charge in [-0.25, -0.2) is 0 Å². The maximum absolute atomic E-state index is 12.5. The van der Waals surface area contributed by atoms with E-state index in [4.69, 9.17) is 20.8 Å². The standard InChI is InChI=1S/C23H20BrClN4O3S/c1-15-11-16(24)4-9-20(15)26-22(30)14-33-23-28-27-21(29(23)12-19-3-2-10-31-19)13-32-18-7-5-17(25)6-8-18/h2-11H,12-14H2,1H3,(H,26,30). The molecular weight excluding hydrogens is 528 g/mol. The highest BCUT2D eigenvalue weighted by atomic mass is 79.9. The van der Waals surface area contributed by atoms with Gasteiger partial charge in [0, 0.05) is 15.2 Å². The third kappa shape index (κ3) is 6.40. The number of thioether (sulfide) groups is 1. The van der Waals surface area contributed by atoms with Crippen molar-refractivity contribution in [1.82, 2.24) is 14.8 Å². The number of aryl methyl sites for hydroxylation is 1. The van der Waals surface area contributed by atoms with Gasteiger partial charge in [-0.1, -0.05) is 39.3 Å². The van der Waals surface area contributed by atoms with Crippen LogP contribution in [0.4, 0.5) is 5.69 Å². The van der Waals surface area contributed by atoms with Crippen molar-refractivity contribution < 1.29 is 13.9 Å². The van der Waals surface area contributed by atoms with Gasteiger partial charge in [-0.2, -0.15) is 0 Å². The van der Waals surface area contributed by atoms with Crippen LogP contribution in [0.15, 0.2) is 74.9 Å². The summed E-state index contributed by atoms with van der Waals surface area (Å²) in [5.74, 6) is 2.10. The van der Waals surface area contributed by atoms with Gasteiger partial charge in [0.25, 0.3) is 0 Å². The Morgan fingerprint density at radius 1 is 1.21 bits per heavy atom. The SMILES string of the molecule is Cc1cc(Br)ccc1NC(=O)CSc1nnc(COc2ccc(Cl)cc2)n1Cc1ccco1. The Bertz CT molecular complexity index is 1230. The molecule has 4 aromatic rings. The monoisotopic (exact) mass is 546 g/mol. The third-order valence-electron chi connectivity index (χ3n) is 4.66. The predicted molar refractivity (Wildman–Crippen MR) is 132 cm³/mol. The summed E-state index contributed by atoms with van der Waals surface area (Å²) in [4.78, 5) is 12.5. The van der Waals surface area contributed by atoms with Gasteiger partial charge < -0.3 is 14.5 Å². The van der Waals surface area contributed by atoms with Crippen molar-refractivity contribution in [3.8, 4) is 5.75 Å². The first kappa shape index (κ1) is 23.4. The van der Waals surface area contributed by atoms with Gasteiger partial charge in [-0.15, -0.1) is 10.2 Å². The lowest BCUT2D eigenvalue weighted by atomic mass is 10.2. The molecule has 0 saturated heterocycles. The largest absolute Gasteiger partial charge is 0.486 e. The third-order valence-corrected chi connectivity index (χ3v) is 6.38. The Morgan fingerprint density at radius 3 is 2.76 bits per heavy atom. The van der Waals surface area contributed by atoms with E-state index in [2.05, 4.69) is 31.4 Å². The second kappa shape index (κ2) is 10.9. The number of rotatable bonds is 9. The van der Waals surface area contributed by atoms with Gasteiger partial charge in [0.1, 0.15) is 18.1 Å². The van der Waals surface area contributed by atoms with E-state index < -0.39 is 0 Å². The van der Waals surface area contributed by atoms with E-state index in [1.54, 1.807) is 30.5 Å². The first-order chi connectivity index (χ1) is 16.0. The first-order valence-corrected chi connectivity index (χ1v) is 12.2. The Kier molecular flexibility index (Phi) is 7.74. The van der Waals surface area contributed by atoms with Crippen LogP contribution >= 0.6 is 39.3 Å². The molecule has 33 heavy (non-hydrogen) atoms. The van der Waals surface area contributed by atoms with Gasteiger partial charge in [-0.05, 0) is 67.1 Å². The molecular formula is C23H20BrClN4O3S. The number of hydrogen-bond acceptors (Lipinski definition) is 6. The van der Waals surface area contributed by atoms with Gasteiger partial charge >= 0.3 is 0 Å². The molecule has 0 aliphatic carbocycles. The number of amides is 1. The highest BCUT2D eigenvalue weighted by Gasteiger charge is 2.17. The number of nitrogens with zero attached hydrogens (tertiary/aromatic N) is 3.